The number of aromatic nitrogens is 4. The maximum atomic E-state index is 9.55. The zero-order chi connectivity index (χ0) is 28.0. The first-order valence-corrected chi connectivity index (χ1v) is 14.9. The number of nitrogens with zero attached hydrogens (tertiary/aromatic N) is 5. The average Bonchev–Trinajstić information content (AvgIpc) is 3.70. The molecular weight excluding hydrogens is 512 g/mol. The summed E-state index contributed by atoms with van der Waals surface area (Å²) in [6.45, 7) is 7.38. The molecule has 3 aromatic heterocycles. The molecule has 0 radical (unpaired) electrons. The summed E-state index contributed by atoms with van der Waals surface area (Å²) in [5, 5.41) is 15.2. The number of likely N-dealkylation sites (tertiary alicyclic amines) is 1. The first kappa shape index (κ1) is 25.2. The number of piperidine rings is 1. The first-order chi connectivity index (χ1) is 19.8. The van der Waals surface area contributed by atoms with Gasteiger partial charge in [-0.1, -0.05) is 12.1 Å². The van der Waals surface area contributed by atoms with Crippen LogP contribution >= 0.6 is 0 Å². The SMILES string of the molecule is Cn1cc(-c2[nH]c3ncc4c(c3c2-c2ccc3c(c2)COC3(C)C)C2(CCN(C3(CC#N)CCC3)CC2)OC4)cn1. The maximum Gasteiger partial charge on any atom is 0.138 e. The predicted octanol–water partition coefficient (Wildman–Crippen LogP) is 6.05. The molecule has 0 atom stereocenters. The standard InChI is InChI=1S/C33H36N6O2/c1-31(2)25-6-5-21(15-22(25)19-40-31)26-27-28-24(16-35-30(27)37-29(26)23-17-36-38(3)18-23)20-41-33(28)10-13-39(14-11-33)32(9-12-34)7-4-8-32/h5-6,15-18H,4,7-11,13-14,19-20H2,1-3H3,(H,35,37). The number of hydrogen-bond acceptors (Lipinski definition) is 6. The van der Waals surface area contributed by atoms with Gasteiger partial charge in [0.15, 0.2) is 0 Å². The molecule has 6 heterocycles. The number of ether oxygens (including phenoxy) is 2. The van der Waals surface area contributed by atoms with E-state index in [9.17, 15) is 5.26 Å². The van der Waals surface area contributed by atoms with Crippen molar-refractivity contribution in [3.63, 3.8) is 0 Å². The van der Waals surface area contributed by atoms with Crippen molar-refractivity contribution in [3.05, 3.63) is 59.0 Å². The Bertz CT molecular complexity index is 1730. The third-order valence-corrected chi connectivity index (χ3v) is 10.4. The van der Waals surface area contributed by atoms with Gasteiger partial charge in [0.1, 0.15) is 5.65 Å². The normalized spacial score (nSPS) is 22.0. The predicted molar refractivity (Wildman–Crippen MR) is 156 cm³/mol. The number of fused-ring (bicyclic) bond motifs is 5. The highest BCUT2D eigenvalue weighted by Crippen LogP contribution is 2.53. The number of rotatable bonds is 4. The number of hydrogen-bond donors (Lipinski definition) is 1. The monoisotopic (exact) mass is 548 g/mol. The molecule has 1 saturated heterocycles. The smallest absolute Gasteiger partial charge is 0.138 e. The van der Waals surface area contributed by atoms with Crippen LogP contribution in [0.3, 0.4) is 0 Å². The lowest BCUT2D eigenvalue weighted by Gasteiger charge is -2.53. The minimum absolute atomic E-state index is 0.0678. The Hall–Kier alpha value is -3.51. The number of aryl methyl sites for hydroxylation is 1. The third-order valence-electron chi connectivity index (χ3n) is 10.4. The quantitative estimate of drug-likeness (QED) is 0.334. The topological polar surface area (TPSA) is 92.0 Å². The number of H-pyrrole nitrogens is 1. The van der Waals surface area contributed by atoms with Gasteiger partial charge in [-0.25, -0.2) is 4.98 Å². The lowest BCUT2D eigenvalue weighted by atomic mass is 9.71. The Kier molecular flexibility index (Phi) is 5.38. The summed E-state index contributed by atoms with van der Waals surface area (Å²) >= 11 is 0. The van der Waals surface area contributed by atoms with Crippen molar-refractivity contribution >= 4 is 11.0 Å². The van der Waals surface area contributed by atoms with Crippen LogP contribution in [0, 0.1) is 11.3 Å². The molecule has 0 amide bonds. The number of nitriles is 1. The van der Waals surface area contributed by atoms with Crippen molar-refractivity contribution in [1.82, 2.24) is 24.6 Å². The second kappa shape index (κ2) is 8.75. The minimum atomic E-state index is -0.352. The van der Waals surface area contributed by atoms with E-state index in [4.69, 9.17) is 14.5 Å². The van der Waals surface area contributed by atoms with Gasteiger partial charge in [-0.3, -0.25) is 9.58 Å². The molecule has 4 aromatic rings. The minimum Gasteiger partial charge on any atom is -0.366 e. The summed E-state index contributed by atoms with van der Waals surface area (Å²) in [6.07, 6.45) is 12.0. The molecule has 4 aliphatic rings. The van der Waals surface area contributed by atoms with E-state index in [0.717, 1.165) is 66.8 Å². The van der Waals surface area contributed by atoms with E-state index in [1.807, 2.05) is 24.1 Å². The van der Waals surface area contributed by atoms with E-state index in [1.165, 1.54) is 34.1 Å². The highest BCUT2D eigenvalue weighted by Gasteiger charge is 2.50. The van der Waals surface area contributed by atoms with Crippen LogP contribution in [-0.4, -0.2) is 43.3 Å². The summed E-state index contributed by atoms with van der Waals surface area (Å²) in [6, 6.07) is 9.26. The van der Waals surface area contributed by atoms with Crippen molar-refractivity contribution < 1.29 is 9.47 Å². The van der Waals surface area contributed by atoms with Gasteiger partial charge in [-0.2, -0.15) is 10.4 Å². The van der Waals surface area contributed by atoms with Crippen molar-refractivity contribution in [2.75, 3.05) is 13.1 Å². The van der Waals surface area contributed by atoms with Crippen molar-refractivity contribution in [2.45, 2.75) is 82.3 Å². The van der Waals surface area contributed by atoms with E-state index in [2.05, 4.69) is 59.3 Å². The fourth-order valence-electron chi connectivity index (χ4n) is 8.03. The molecule has 1 spiro atoms. The van der Waals surface area contributed by atoms with Gasteiger partial charge in [-0.15, -0.1) is 0 Å². The summed E-state index contributed by atoms with van der Waals surface area (Å²) in [5.41, 5.74) is 9.70. The molecule has 0 unspecified atom stereocenters. The molecule has 8 heteroatoms. The van der Waals surface area contributed by atoms with Crippen molar-refractivity contribution in [2.24, 2.45) is 7.05 Å². The Morgan fingerprint density at radius 3 is 2.54 bits per heavy atom. The van der Waals surface area contributed by atoms with Crippen molar-refractivity contribution in [3.8, 4) is 28.5 Å². The fraction of sp³-hybridized carbons (Fsp3) is 0.485. The van der Waals surface area contributed by atoms with E-state index in [0.29, 0.717) is 19.6 Å². The van der Waals surface area contributed by atoms with Crippen molar-refractivity contribution in [1.29, 1.82) is 5.26 Å². The molecule has 1 aliphatic carbocycles. The molecule has 1 N–H and O–H groups in total. The largest absolute Gasteiger partial charge is 0.366 e. The summed E-state index contributed by atoms with van der Waals surface area (Å²) in [4.78, 5) is 11.2. The Labute approximate surface area is 240 Å². The second-order valence-corrected chi connectivity index (χ2v) is 13.0. The fourth-order valence-corrected chi connectivity index (χ4v) is 8.03. The van der Waals surface area contributed by atoms with Gasteiger partial charge in [-0.05, 0) is 68.7 Å². The number of nitrogens with one attached hydrogen (secondary N) is 1. The van der Waals surface area contributed by atoms with Crippen LogP contribution in [0.25, 0.3) is 33.4 Å². The summed E-state index contributed by atoms with van der Waals surface area (Å²) < 4.78 is 14.8. The van der Waals surface area contributed by atoms with Crippen LogP contribution in [0.4, 0.5) is 0 Å². The van der Waals surface area contributed by atoms with Gasteiger partial charge in [0.2, 0.25) is 0 Å². The van der Waals surface area contributed by atoms with Crippen LogP contribution in [0.15, 0.2) is 36.8 Å². The van der Waals surface area contributed by atoms with Crippen LogP contribution in [0.1, 0.15) is 74.6 Å². The highest BCUT2D eigenvalue weighted by atomic mass is 16.5. The molecule has 41 heavy (non-hydrogen) atoms. The molecule has 1 aromatic carbocycles. The number of benzene rings is 1. The lowest BCUT2D eigenvalue weighted by Crippen LogP contribution is -2.58. The molecule has 1 saturated carbocycles. The Balaban J connectivity index is 1.29. The molecule has 3 aliphatic heterocycles. The van der Waals surface area contributed by atoms with E-state index in [1.54, 1.807) is 0 Å². The zero-order valence-electron chi connectivity index (χ0n) is 24.1. The van der Waals surface area contributed by atoms with E-state index >= 15 is 0 Å². The number of pyridine rings is 1. The summed E-state index contributed by atoms with van der Waals surface area (Å²) in [5.74, 6) is 0. The van der Waals surface area contributed by atoms with Crippen LogP contribution in [0.5, 0.6) is 0 Å². The summed E-state index contributed by atoms with van der Waals surface area (Å²) in [7, 11) is 1.95. The van der Waals surface area contributed by atoms with E-state index < -0.39 is 0 Å². The lowest BCUT2D eigenvalue weighted by molar-refractivity contribution is -0.106. The van der Waals surface area contributed by atoms with E-state index in [-0.39, 0.29) is 16.7 Å². The zero-order valence-corrected chi connectivity index (χ0v) is 24.1. The molecule has 0 bridgehead atoms. The van der Waals surface area contributed by atoms with Gasteiger partial charge >= 0.3 is 0 Å². The molecule has 8 nitrogen and oxygen atoms in total. The maximum absolute atomic E-state index is 9.55. The molecule has 2 fully saturated rings. The highest BCUT2D eigenvalue weighted by molar-refractivity contribution is 6.05. The first-order valence-electron chi connectivity index (χ1n) is 14.9. The van der Waals surface area contributed by atoms with Gasteiger partial charge in [0.25, 0.3) is 0 Å². The average molecular weight is 549 g/mol. The van der Waals surface area contributed by atoms with Gasteiger partial charge in [0.05, 0.1) is 48.8 Å². The molecule has 8 rings (SSSR count). The Morgan fingerprint density at radius 1 is 1.02 bits per heavy atom. The third kappa shape index (κ3) is 3.62. The van der Waals surface area contributed by atoms with Crippen LogP contribution < -0.4 is 0 Å². The molecular formula is C33H36N6O2. The van der Waals surface area contributed by atoms with Gasteiger partial charge in [0, 0.05) is 65.7 Å². The van der Waals surface area contributed by atoms with Gasteiger partial charge < -0.3 is 14.5 Å². The second-order valence-electron chi connectivity index (χ2n) is 13.0. The van der Waals surface area contributed by atoms with Crippen LogP contribution in [-0.2, 0) is 40.9 Å². The van der Waals surface area contributed by atoms with Crippen LogP contribution in [0.2, 0.25) is 0 Å². The Morgan fingerprint density at radius 2 is 1.83 bits per heavy atom. The number of aromatic amines is 1. The molecule has 210 valence electrons.